The summed E-state index contributed by atoms with van der Waals surface area (Å²) in [6.45, 7) is 26.8. The molecule has 0 atom stereocenters. The van der Waals surface area contributed by atoms with E-state index < -0.39 is 0 Å². The fraction of sp³-hybridized carbons (Fsp3) is 0.462. The molecule has 0 heterocycles. The van der Waals surface area contributed by atoms with Gasteiger partial charge in [-0.05, 0) is 76.5 Å². The van der Waals surface area contributed by atoms with Crippen LogP contribution in [0.4, 0.5) is 0 Å². The standard InChI is InChI=1S/C13H18.C9H14.C4H8/c1-10(2)11-6-8-12(9-7-11)13(3,4)5;1-7-5-4-6-8(2)9(7)3;1-4(2)3/h6-9H,1H2,2-5H3;5H,4,6H2,1-3H3;1H2,2-3H3. The molecule has 0 saturated carbocycles. The Balaban J connectivity index is 0.000000416. The Morgan fingerprint density at radius 3 is 1.65 bits per heavy atom. The third kappa shape index (κ3) is 9.61. The van der Waals surface area contributed by atoms with Crippen molar-refractivity contribution in [1.82, 2.24) is 0 Å². The molecule has 0 nitrogen and oxygen atoms in total. The Hall–Kier alpha value is -1.82. The molecule has 1 aliphatic rings. The van der Waals surface area contributed by atoms with Gasteiger partial charge >= 0.3 is 0 Å². The highest BCUT2D eigenvalue weighted by atomic mass is 14.2. The Labute approximate surface area is 163 Å². The van der Waals surface area contributed by atoms with Crippen LogP contribution in [0.15, 0.2) is 65.8 Å². The monoisotopic (exact) mass is 352 g/mol. The summed E-state index contributed by atoms with van der Waals surface area (Å²) in [5, 5.41) is 0. The normalized spacial score (nSPS) is 13.7. The van der Waals surface area contributed by atoms with Crippen molar-refractivity contribution in [3.05, 3.63) is 76.9 Å². The van der Waals surface area contributed by atoms with Crippen molar-refractivity contribution in [2.24, 2.45) is 0 Å². The highest BCUT2D eigenvalue weighted by Gasteiger charge is 2.12. The lowest BCUT2D eigenvalue weighted by molar-refractivity contribution is 0.590. The average molecular weight is 353 g/mol. The molecule has 0 saturated heterocycles. The largest absolute Gasteiger partial charge is 0.100 e. The van der Waals surface area contributed by atoms with Crippen LogP contribution < -0.4 is 0 Å². The lowest BCUT2D eigenvalue weighted by atomic mass is 9.86. The average Bonchev–Trinajstić information content (AvgIpc) is 2.52. The van der Waals surface area contributed by atoms with Crippen molar-refractivity contribution in [2.45, 2.75) is 80.6 Å². The first kappa shape index (κ1) is 24.2. The first-order valence-corrected chi connectivity index (χ1v) is 9.58. The zero-order chi connectivity index (χ0) is 20.5. The molecule has 0 aromatic heterocycles. The third-order valence-electron chi connectivity index (χ3n) is 4.45. The predicted octanol–water partition coefficient (Wildman–Crippen LogP) is 8.66. The summed E-state index contributed by atoms with van der Waals surface area (Å²) in [4.78, 5) is 0. The summed E-state index contributed by atoms with van der Waals surface area (Å²) in [6, 6.07) is 8.65. The van der Waals surface area contributed by atoms with Gasteiger partial charge in [-0.3, -0.25) is 0 Å². The molecule has 144 valence electrons. The van der Waals surface area contributed by atoms with Gasteiger partial charge in [-0.1, -0.05) is 80.0 Å². The van der Waals surface area contributed by atoms with Crippen molar-refractivity contribution < 1.29 is 0 Å². The third-order valence-corrected chi connectivity index (χ3v) is 4.45. The Morgan fingerprint density at radius 2 is 1.35 bits per heavy atom. The number of allylic oxidation sites excluding steroid dienone is 6. The van der Waals surface area contributed by atoms with Crippen molar-refractivity contribution in [1.29, 1.82) is 0 Å². The van der Waals surface area contributed by atoms with E-state index in [2.05, 4.69) is 85.0 Å². The quantitative estimate of drug-likeness (QED) is 0.443. The molecule has 2 rings (SSSR count). The van der Waals surface area contributed by atoms with E-state index in [0.29, 0.717) is 0 Å². The van der Waals surface area contributed by atoms with E-state index in [4.69, 9.17) is 0 Å². The molecule has 26 heavy (non-hydrogen) atoms. The second kappa shape index (κ2) is 11.0. The molecule has 1 aromatic rings. The molecule has 0 bridgehead atoms. The summed E-state index contributed by atoms with van der Waals surface area (Å²) < 4.78 is 0. The summed E-state index contributed by atoms with van der Waals surface area (Å²) in [6.07, 6.45) is 4.83. The molecule has 0 amide bonds. The van der Waals surface area contributed by atoms with Crippen LogP contribution in [0.3, 0.4) is 0 Å². The molecule has 0 N–H and O–H groups in total. The maximum absolute atomic E-state index is 3.92. The second-order valence-corrected chi connectivity index (χ2v) is 8.65. The molecular weight excluding hydrogens is 312 g/mol. The van der Waals surface area contributed by atoms with Crippen LogP contribution in [0.5, 0.6) is 0 Å². The number of hydrogen-bond acceptors (Lipinski definition) is 0. The Kier molecular flexibility index (Phi) is 10.2. The minimum absolute atomic E-state index is 0.244. The molecule has 0 radical (unpaired) electrons. The second-order valence-electron chi connectivity index (χ2n) is 8.65. The topological polar surface area (TPSA) is 0 Å². The SMILES string of the molecule is C=C(C)C.C=C(C)c1ccc(C(C)(C)C)cc1.CC1=CCCC(C)=C1C. The van der Waals surface area contributed by atoms with E-state index in [0.717, 1.165) is 5.57 Å². The van der Waals surface area contributed by atoms with E-state index in [1.54, 1.807) is 5.57 Å². The minimum atomic E-state index is 0.244. The first-order valence-electron chi connectivity index (χ1n) is 9.58. The van der Waals surface area contributed by atoms with Crippen LogP contribution in [0, 0.1) is 0 Å². The smallest absolute Gasteiger partial charge is 0.0132 e. The van der Waals surface area contributed by atoms with E-state index in [1.165, 1.54) is 40.7 Å². The maximum Gasteiger partial charge on any atom is -0.0132 e. The van der Waals surface area contributed by atoms with Crippen molar-refractivity contribution >= 4 is 5.57 Å². The fourth-order valence-electron chi connectivity index (χ4n) is 2.44. The van der Waals surface area contributed by atoms with Crippen LogP contribution >= 0.6 is 0 Å². The van der Waals surface area contributed by atoms with Gasteiger partial charge in [0.1, 0.15) is 0 Å². The van der Waals surface area contributed by atoms with Crippen molar-refractivity contribution in [2.75, 3.05) is 0 Å². The zero-order valence-corrected chi connectivity index (χ0v) is 18.7. The number of rotatable bonds is 1. The molecule has 0 aliphatic heterocycles. The summed E-state index contributed by atoms with van der Waals surface area (Å²) >= 11 is 0. The molecule has 0 fully saturated rings. The molecule has 1 aromatic carbocycles. The van der Waals surface area contributed by atoms with Gasteiger partial charge in [0.25, 0.3) is 0 Å². The van der Waals surface area contributed by atoms with Crippen LogP contribution in [-0.2, 0) is 5.41 Å². The van der Waals surface area contributed by atoms with Crippen molar-refractivity contribution in [3.63, 3.8) is 0 Å². The Morgan fingerprint density at radius 1 is 0.885 bits per heavy atom. The molecule has 1 aliphatic carbocycles. The maximum atomic E-state index is 3.92. The van der Waals surface area contributed by atoms with Gasteiger partial charge in [0.05, 0.1) is 0 Å². The molecule has 0 heteroatoms. The highest BCUT2D eigenvalue weighted by molar-refractivity contribution is 5.61. The van der Waals surface area contributed by atoms with Crippen LogP contribution in [0.1, 0.15) is 86.3 Å². The number of hydrogen-bond donors (Lipinski definition) is 0. The lowest BCUT2D eigenvalue weighted by Crippen LogP contribution is -2.10. The van der Waals surface area contributed by atoms with Gasteiger partial charge in [-0.25, -0.2) is 0 Å². The van der Waals surface area contributed by atoms with E-state index in [1.807, 2.05) is 20.8 Å². The molecule has 0 spiro atoms. The van der Waals surface area contributed by atoms with Gasteiger partial charge in [-0.2, -0.15) is 0 Å². The Bertz CT molecular complexity index is 651. The molecule has 0 unspecified atom stereocenters. The van der Waals surface area contributed by atoms with Crippen LogP contribution in [0.2, 0.25) is 0 Å². The van der Waals surface area contributed by atoms with Crippen LogP contribution in [0.25, 0.3) is 5.57 Å². The van der Waals surface area contributed by atoms with Crippen LogP contribution in [-0.4, -0.2) is 0 Å². The molecular formula is C26H40. The summed E-state index contributed by atoms with van der Waals surface area (Å²) in [7, 11) is 0. The predicted molar refractivity (Wildman–Crippen MR) is 122 cm³/mol. The lowest BCUT2D eigenvalue weighted by Gasteiger charge is -2.19. The highest BCUT2D eigenvalue weighted by Crippen LogP contribution is 2.24. The van der Waals surface area contributed by atoms with E-state index in [-0.39, 0.29) is 5.41 Å². The summed E-state index contributed by atoms with van der Waals surface area (Å²) in [5.41, 5.74) is 9.68. The number of benzene rings is 1. The van der Waals surface area contributed by atoms with E-state index >= 15 is 0 Å². The van der Waals surface area contributed by atoms with Crippen molar-refractivity contribution in [3.8, 4) is 0 Å². The fourth-order valence-corrected chi connectivity index (χ4v) is 2.44. The van der Waals surface area contributed by atoms with Gasteiger partial charge < -0.3 is 0 Å². The van der Waals surface area contributed by atoms with Gasteiger partial charge in [0.15, 0.2) is 0 Å². The zero-order valence-electron chi connectivity index (χ0n) is 18.7. The van der Waals surface area contributed by atoms with Gasteiger partial charge in [0, 0.05) is 0 Å². The first-order chi connectivity index (χ1) is 11.9. The van der Waals surface area contributed by atoms with Gasteiger partial charge in [-0.15, -0.1) is 6.58 Å². The van der Waals surface area contributed by atoms with Gasteiger partial charge in [0.2, 0.25) is 0 Å². The minimum Gasteiger partial charge on any atom is -0.100 e. The summed E-state index contributed by atoms with van der Waals surface area (Å²) in [5.74, 6) is 0. The van der Waals surface area contributed by atoms with E-state index in [9.17, 15) is 0 Å².